The number of fused-ring (bicyclic) bond motifs is 1. The standard InChI is InChI=1S/C26H21FO4/c1-26(2,3)17-10-8-16(9-11-17)14-23-24(28)20-13-12-18(15-22(20)31-23)30-25(29)19-6-4-5-7-21(19)27/h4-15H,1-3H3. The number of allylic oxidation sites excluding steroid dienone is 1. The summed E-state index contributed by atoms with van der Waals surface area (Å²) in [6.07, 6.45) is 1.68. The molecule has 3 aromatic rings. The maximum absolute atomic E-state index is 13.8. The summed E-state index contributed by atoms with van der Waals surface area (Å²) >= 11 is 0. The van der Waals surface area contributed by atoms with E-state index in [0.29, 0.717) is 11.3 Å². The maximum atomic E-state index is 13.8. The molecule has 1 aliphatic rings. The van der Waals surface area contributed by atoms with Gasteiger partial charge in [-0.05, 0) is 46.9 Å². The molecule has 3 aromatic carbocycles. The van der Waals surface area contributed by atoms with Crippen LogP contribution in [0.2, 0.25) is 0 Å². The first-order valence-electron chi connectivity index (χ1n) is 9.88. The van der Waals surface area contributed by atoms with E-state index in [0.717, 1.165) is 5.56 Å². The second-order valence-corrected chi connectivity index (χ2v) is 8.34. The smallest absolute Gasteiger partial charge is 0.346 e. The number of esters is 1. The molecule has 31 heavy (non-hydrogen) atoms. The van der Waals surface area contributed by atoms with E-state index in [9.17, 15) is 14.0 Å². The Morgan fingerprint density at radius 3 is 2.39 bits per heavy atom. The molecular weight excluding hydrogens is 395 g/mol. The second kappa shape index (κ2) is 7.84. The molecular formula is C26H21FO4. The number of hydrogen-bond acceptors (Lipinski definition) is 4. The van der Waals surface area contributed by atoms with Gasteiger partial charge in [0.2, 0.25) is 5.78 Å². The third kappa shape index (κ3) is 4.26. The van der Waals surface area contributed by atoms with Crippen molar-refractivity contribution in [2.24, 2.45) is 0 Å². The molecule has 0 bridgehead atoms. The third-order valence-corrected chi connectivity index (χ3v) is 5.02. The molecule has 0 amide bonds. The van der Waals surface area contributed by atoms with Crippen LogP contribution in [0.25, 0.3) is 6.08 Å². The summed E-state index contributed by atoms with van der Waals surface area (Å²) in [4.78, 5) is 24.9. The molecule has 0 N–H and O–H groups in total. The number of hydrogen-bond donors (Lipinski definition) is 0. The van der Waals surface area contributed by atoms with E-state index in [2.05, 4.69) is 20.8 Å². The molecule has 0 radical (unpaired) electrons. The average Bonchev–Trinajstić information content (AvgIpc) is 3.02. The van der Waals surface area contributed by atoms with Crippen LogP contribution in [-0.2, 0) is 5.41 Å². The Bertz CT molecular complexity index is 1200. The molecule has 0 aliphatic carbocycles. The van der Waals surface area contributed by atoms with Crippen LogP contribution in [0.1, 0.15) is 52.6 Å². The number of carbonyl (C=O) groups excluding carboxylic acids is 2. The molecule has 156 valence electrons. The molecule has 1 heterocycles. The van der Waals surface area contributed by atoms with E-state index in [1.54, 1.807) is 12.1 Å². The Kier molecular flexibility index (Phi) is 5.19. The van der Waals surface area contributed by atoms with Gasteiger partial charge in [0, 0.05) is 6.07 Å². The minimum Gasteiger partial charge on any atom is -0.452 e. The summed E-state index contributed by atoms with van der Waals surface area (Å²) in [5.74, 6) is -1.09. The fourth-order valence-corrected chi connectivity index (χ4v) is 3.25. The molecule has 0 atom stereocenters. The van der Waals surface area contributed by atoms with Gasteiger partial charge < -0.3 is 9.47 Å². The predicted octanol–water partition coefficient (Wildman–Crippen LogP) is 5.96. The van der Waals surface area contributed by atoms with E-state index in [-0.39, 0.29) is 28.3 Å². The van der Waals surface area contributed by atoms with Crippen molar-refractivity contribution in [3.63, 3.8) is 0 Å². The molecule has 5 heteroatoms. The first kappa shape index (κ1) is 20.5. The van der Waals surface area contributed by atoms with Crippen LogP contribution in [0.4, 0.5) is 4.39 Å². The quantitative estimate of drug-likeness (QED) is 0.300. The normalized spacial score (nSPS) is 14.3. The van der Waals surface area contributed by atoms with E-state index in [4.69, 9.17) is 9.47 Å². The number of benzene rings is 3. The lowest BCUT2D eigenvalue weighted by molar-refractivity contribution is 0.0729. The van der Waals surface area contributed by atoms with Gasteiger partial charge in [0.25, 0.3) is 0 Å². The third-order valence-electron chi connectivity index (χ3n) is 5.02. The summed E-state index contributed by atoms with van der Waals surface area (Å²) in [7, 11) is 0. The fraction of sp³-hybridized carbons (Fsp3) is 0.154. The van der Waals surface area contributed by atoms with Crippen LogP contribution < -0.4 is 9.47 Å². The zero-order valence-corrected chi connectivity index (χ0v) is 17.4. The minimum absolute atomic E-state index is 0.0398. The van der Waals surface area contributed by atoms with Crippen molar-refractivity contribution in [3.05, 3.63) is 101 Å². The van der Waals surface area contributed by atoms with Gasteiger partial charge in [-0.1, -0.05) is 57.2 Å². The summed E-state index contributed by atoms with van der Waals surface area (Å²) in [6.45, 7) is 6.41. The van der Waals surface area contributed by atoms with Crippen molar-refractivity contribution in [2.45, 2.75) is 26.2 Å². The molecule has 0 saturated carbocycles. The Morgan fingerprint density at radius 1 is 1.00 bits per heavy atom. The molecule has 4 rings (SSSR count). The van der Waals surface area contributed by atoms with Crippen LogP contribution in [0.5, 0.6) is 11.5 Å². The highest BCUT2D eigenvalue weighted by molar-refractivity contribution is 6.14. The van der Waals surface area contributed by atoms with Crippen molar-refractivity contribution in [1.29, 1.82) is 0 Å². The van der Waals surface area contributed by atoms with Crippen molar-refractivity contribution in [2.75, 3.05) is 0 Å². The molecule has 0 aromatic heterocycles. The van der Waals surface area contributed by atoms with Crippen molar-refractivity contribution in [3.8, 4) is 11.5 Å². The highest BCUT2D eigenvalue weighted by Crippen LogP contribution is 2.35. The minimum atomic E-state index is -0.822. The Labute approximate surface area is 179 Å². The molecule has 4 nitrogen and oxygen atoms in total. The Balaban J connectivity index is 1.53. The second-order valence-electron chi connectivity index (χ2n) is 8.34. The molecule has 0 fully saturated rings. The lowest BCUT2D eigenvalue weighted by Gasteiger charge is -2.18. The van der Waals surface area contributed by atoms with Gasteiger partial charge in [-0.25, -0.2) is 9.18 Å². The van der Waals surface area contributed by atoms with Gasteiger partial charge in [0.1, 0.15) is 17.3 Å². The van der Waals surface area contributed by atoms with E-state index < -0.39 is 11.8 Å². The van der Waals surface area contributed by atoms with Crippen LogP contribution in [0.3, 0.4) is 0 Å². The maximum Gasteiger partial charge on any atom is 0.346 e. The first-order chi connectivity index (χ1) is 14.7. The lowest BCUT2D eigenvalue weighted by atomic mass is 9.86. The number of ether oxygens (including phenoxy) is 2. The van der Waals surface area contributed by atoms with Gasteiger partial charge in [-0.3, -0.25) is 4.79 Å². The predicted molar refractivity (Wildman–Crippen MR) is 116 cm³/mol. The van der Waals surface area contributed by atoms with Crippen LogP contribution >= 0.6 is 0 Å². The van der Waals surface area contributed by atoms with Gasteiger partial charge in [-0.15, -0.1) is 0 Å². The SMILES string of the molecule is CC(C)(C)c1ccc(C=C2Oc3cc(OC(=O)c4ccccc4F)ccc3C2=O)cc1. The Hall–Kier alpha value is -3.73. The average molecular weight is 416 g/mol. The van der Waals surface area contributed by atoms with Gasteiger partial charge in [0.15, 0.2) is 5.76 Å². The van der Waals surface area contributed by atoms with Crippen molar-refractivity contribution in [1.82, 2.24) is 0 Å². The van der Waals surface area contributed by atoms with Crippen molar-refractivity contribution >= 4 is 17.8 Å². The van der Waals surface area contributed by atoms with Gasteiger partial charge in [-0.2, -0.15) is 0 Å². The van der Waals surface area contributed by atoms with E-state index in [1.807, 2.05) is 24.3 Å². The monoisotopic (exact) mass is 416 g/mol. The highest BCUT2D eigenvalue weighted by atomic mass is 19.1. The van der Waals surface area contributed by atoms with Crippen LogP contribution in [0, 0.1) is 5.82 Å². The summed E-state index contributed by atoms with van der Waals surface area (Å²) in [6, 6.07) is 18.0. The zero-order chi connectivity index (χ0) is 22.2. The number of halogens is 1. The number of ketones is 1. The molecule has 0 unspecified atom stereocenters. The fourth-order valence-electron chi connectivity index (χ4n) is 3.25. The lowest BCUT2D eigenvalue weighted by Crippen LogP contribution is -2.10. The van der Waals surface area contributed by atoms with Crippen LogP contribution in [0.15, 0.2) is 72.5 Å². The van der Waals surface area contributed by atoms with E-state index in [1.165, 1.54) is 42.0 Å². The van der Waals surface area contributed by atoms with Gasteiger partial charge in [0.05, 0.1) is 11.1 Å². The van der Waals surface area contributed by atoms with Gasteiger partial charge >= 0.3 is 5.97 Å². The summed E-state index contributed by atoms with van der Waals surface area (Å²) in [5.41, 5.74) is 2.29. The zero-order valence-electron chi connectivity index (χ0n) is 17.4. The first-order valence-corrected chi connectivity index (χ1v) is 9.88. The number of carbonyl (C=O) groups is 2. The van der Waals surface area contributed by atoms with E-state index >= 15 is 0 Å². The molecule has 1 aliphatic heterocycles. The number of rotatable bonds is 3. The molecule has 0 saturated heterocycles. The Morgan fingerprint density at radius 2 is 1.71 bits per heavy atom. The largest absolute Gasteiger partial charge is 0.452 e. The highest BCUT2D eigenvalue weighted by Gasteiger charge is 2.28. The van der Waals surface area contributed by atoms with Crippen molar-refractivity contribution < 1.29 is 23.5 Å². The summed E-state index contributed by atoms with van der Waals surface area (Å²) in [5, 5.41) is 0. The van der Waals surface area contributed by atoms with Crippen LogP contribution in [-0.4, -0.2) is 11.8 Å². The molecule has 0 spiro atoms. The number of Topliss-reactive ketones (excluding diaryl/α,β-unsaturated/α-hetero) is 1. The topological polar surface area (TPSA) is 52.6 Å². The summed E-state index contributed by atoms with van der Waals surface area (Å²) < 4.78 is 24.8.